The number of amides is 2. The molecule has 0 saturated heterocycles. The molecule has 0 aliphatic heterocycles. The molecule has 2 amide bonds. The summed E-state index contributed by atoms with van der Waals surface area (Å²) in [7, 11) is 0. The van der Waals surface area contributed by atoms with Crippen LogP contribution in [0.3, 0.4) is 0 Å². The molecule has 0 unspecified atom stereocenters. The van der Waals surface area contributed by atoms with Gasteiger partial charge < -0.3 is 10.8 Å². The van der Waals surface area contributed by atoms with E-state index in [4.69, 9.17) is 5.73 Å². The maximum absolute atomic E-state index is 10.5. The number of nitrogens with zero attached hydrogens (tertiary/aromatic N) is 2. The highest BCUT2D eigenvalue weighted by Crippen LogP contribution is 2.39. The number of phenolic OH excluding ortho intramolecular Hbond substituents is 1. The molecule has 0 heterocycles. The molecule has 5 nitrogen and oxygen atoms in total. The van der Waals surface area contributed by atoms with Gasteiger partial charge in [0.1, 0.15) is 11.4 Å². The van der Waals surface area contributed by atoms with E-state index in [2.05, 4.69) is 10.2 Å². The molecule has 16 heavy (non-hydrogen) atoms. The molecule has 0 spiro atoms. The molecule has 1 aromatic carbocycles. The van der Waals surface area contributed by atoms with Gasteiger partial charge in [-0.2, -0.15) is 0 Å². The second kappa shape index (κ2) is 5.76. The highest BCUT2D eigenvalue weighted by Gasteiger charge is 2.09. The quantitative estimate of drug-likeness (QED) is 0.643. The van der Waals surface area contributed by atoms with Crippen LogP contribution in [-0.4, -0.2) is 23.6 Å². The lowest BCUT2D eigenvalue weighted by Gasteiger charge is -2.07. The molecule has 1 aromatic rings. The molecule has 3 N–H and O–H groups in total. The standard InChI is InChI=1S/C9H11N3O2S2/c1-15-6-3-5(13)4-7(16-2)8(6)11-12-9(10)14/h3-4,13H,1-2H3,(H2,10,14). The molecule has 1 rings (SSSR count). The first kappa shape index (κ1) is 12.9. The molecule has 0 aliphatic rings. The van der Waals surface area contributed by atoms with Gasteiger partial charge in [0.25, 0.3) is 0 Å². The minimum Gasteiger partial charge on any atom is -0.508 e. The first-order valence-corrected chi connectivity index (χ1v) is 6.69. The van der Waals surface area contributed by atoms with Gasteiger partial charge in [-0.3, -0.25) is 0 Å². The van der Waals surface area contributed by atoms with Crippen molar-refractivity contribution < 1.29 is 9.90 Å². The Kier molecular flexibility index (Phi) is 4.63. The number of thioether (sulfide) groups is 2. The Bertz CT molecular complexity index is 410. The van der Waals surface area contributed by atoms with E-state index in [1.807, 2.05) is 12.5 Å². The Morgan fingerprint density at radius 1 is 1.31 bits per heavy atom. The SMILES string of the molecule is CSc1cc(O)cc(SC)c1N=NC(N)=O. The monoisotopic (exact) mass is 257 g/mol. The smallest absolute Gasteiger partial charge is 0.356 e. The van der Waals surface area contributed by atoms with Crippen molar-refractivity contribution in [1.29, 1.82) is 0 Å². The van der Waals surface area contributed by atoms with Gasteiger partial charge in [0.05, 0.1) is 0 Å². The summed E-state index contributed by atoms with van der Waals surface area (Å²) < 4.78 is 0. The lowest BCUT2D eigenvalue weighted by Crippen LogP contribution is -2.02. The van der Waals surface area contributed by atoms with E-state index in [1.54, 1.807) is 12.1 Å². The molecule has 7 heteroatoms. The summed E-state index contributed by atoms with van der Waals surface area (Å²) in [5, 5.41) is 16.6. The third-order valence-electron chi connectivity index (χ3n) is 1.71. The number of carbonyl (C=O) groups excluding carboxylic acids is 1. The number of hydrogen-bond donors (Lipinski definition) is 2. The number of phenols is 1. The summed E-state index contributed by atoms with van der Waals surface area (Å²) in [6.07, 6.45) is 3.70. The first-order valence-electron chi connectivity index (χ1n) is 4.24. The third kappa shape index (κ3) is 3.14. The van der Waals surface area contributed by atoms with Crippen molar-refractivity contribution in [2.75, 3.05) is 12.5 Å². The van der Waals surface area contributed by atoms with E-state index in [0.29, 0.717) is 5.69 Å². The molecule has 0 radical (unpaired) electrons. The van der Waals surface area contributed by atoms with Crippen LogP contribution in [-0.2, 0) is 0 Å². The van der Waals surface area contributed by atoms with E-state index >= 15 is 0 Å². The molecule has 0 saturated carbocycles. The lowest BCUT2D eigenvalue weighted by molar-refractivity contribution is 0.255. The van der Waals surface area contributed by atoms with Gasteiger partial charge in [0, 0.05) is 9.79 Å². The van der Waals surface area contributed by atoms with Crippen molar-refractivity contribution in [3.8, 4) is 5.75 Å². The number of carbonyl (C=O) groups is 1. The maximum atomic E-state index is 10.5. The van der Waals surface area contributed by atoms with E-state index in [9.17, 15) is 9.90 Å². The number of benzene rings is 1. The fourth-order valence-electron chi connectivity index (χ4n) is 1.08. The number of azo groups is 1. The van der Waals surface area contributed by atoms with Crippen molar-refractivity contribution in [3.63, 3.8) is 0 Å². The molecular formula is C9H11N3O2S2. The van der Waals surface area contributed by atoms with Crippen molar-refractivity contribution in [2.24, 2.45) is 16.0 Å². The van der Waals surface area contributed by atoms with Crippen LogP contribution in [0.15, 0.2) is 32.2 Å². The first-order chi connectivity index (χ1) is 7.58. The summed E-state index contributed by atoms with van der Waals surface area (Å²) in [5.74, 6) is 0.159. The maximum Gasteiger partial charge on any atom is 0.356 e. The molecule has 0 atom stereocenters. The van der Waals surface area contributed by atoms with Crippen molar-refractivity contribution in [1.82, 2.24) is 0 Å². The summed E-state index contributed by atoms with van der Waals surface area (Å²) in [6, 6.07) is 2.30. The van der Waals surface area contributed by atoms with Crippen LogP contribution in [0, 0.1) is 0 Å². The van der Waals surface area contributed by atoms with Crippen LogP contribution in [0.2, 0.25) is 0 Å². The Balaban J connectivity index is 3.27. The zero-order valence-corrected chi connectivity index (χ0v) is 10.4. The zero-order valence-electron chi connectivity index (χ0n) is 8.80. The minimum absolute atomic E-state index is 0.159. The fourth-order valence-corrected chi connectivity index (χ4v) is 2.31. The largest absolute Gasteiger partial charge is 0.508 e. The predicted molar refractivity (Wildman–Crippen MR) is 65.8 cm³/mol. The van der Waals surface area contributed by atoms with Gasteiger partial charge in [0.15, 0.2) is 0 Å². The van der Waals surface area contributed by atoms with Gasteiger partial charge in [0.2, 0.25) is 0 Å². The molecule has 0 fully saturated rings. The number of rotatable bonds is 3. The number of urea groups is 1. The van der Waals surface area contributed by atoms with Gasteiger partial charge in [-0.05, 0) is 24.6 Å². The van der Waals surface area contributed by atoms with Crippen molar-refractivity contribution in [3.05, 3.63) is 12.1 Å². The van der Waals surface area contributed by atoms with Crippen LogP contribution in [0.4, 0.5) is 10.5 Å². The van der Waals surface area contributed by atoms with E-state index in [0.717, 1.165) is 9.79 Å². The fraction of sp³-hybridized carbons (Fsp3) is 0.222. The highest BCUT2D eigenvalue weighted by molar-refractivity contribution is 7.99. The van der Waals surface area contributed by atoms with E-state index in [-0.39, 0.29) is 5.75 Å². The Labute approximate surface area is 102 Å². The number of primary amides is 1. The Hall–Kier alpha value is -1.21. The van der Waals surface area contributed by atoms with Crippen LogP contribution in [0.5, 0.6) is 5.75 Å². The summed E-state index contributed by atoms with van der Waals surface area (Å²) in [5.41, 5.74) is 5.44. The summed E-state index contributed by atoms with van der Waals surface area (Å²) >= 11 is 2.82. The summed E-state index contributed by atoms with van der Waals surface area (Å²) in [6.45, 7) is 0. The predicted octanol–water partition coefficient (Wildman–Crippen LogP) is 3.00. The van der Waals surface area contributed by atoms with E-state index < -0.39 is 6.03 Å². The number of hydrogen-bond acceptors (Lipinski definition) is 5. The van der Waals surface area contributed by atoms with Gasteiger partial charge in [-0.15, -0.1) is 28.6 Å². The van der Waals surface area contributed by atoms with Crippen LogP contribution < -0.4 is 5.73 Å². The van der Waals surface area contributed by atoms with Gasteiger partial charge >= 0.3 is 6.03 Å². The van der Waals surface area contributed by atoms with Crippen molar-refractivity contribution >= 4 is 35.2 Å². The molecule has 86 valence electrons. The molecule has 0 bridgehead atoms. The Morgan fingerprint density at radius 2 is 1.81 bits per heavy atom. The normalized spacial score (nSPS) is 10.9. The molecule has 0 aromatic heterocycles. The average Bonchev–Trinajstić information content (AvgIpc) is 2.25. The second-order valence-electron chi connectivity index (χ2n) is 2.74. The lowest BCUT2D eigenvalue weighted by atomic mass is 10.3. The van der Waals surface area contributed by atoms with Crippen molar-refractivity contribution in [2.45, 2.75) is 9.79 Å². The topological polar surface area (TPSA) is 88.0 Å². The number of aromatic hydroxyl groups is 1. The van der Waals surface area contributed by atoms with Gasteiger partial charge in [-0.25, -0.2) is 4.79 Å². The summed E-state index contributed by atoms with van der Waals surface area (Å²) in [4.78, 5) is 12.0. The number of nitrogens with two attached hydrogens (primary N) is 1. The third-order valence-corrected chi connectivity index (χ3v) is 3.22. The highest BCUT2D eigenvalue weighted by atomic mass is 32.2. The van der Waals surface area contributed by atoms with E-state index in [1.165, 1.54) is 23.5 Å². The molecule has 0 aliphatic carbocycles. The minimum atomic E-state index is -0.841. The average molecular weight is 257 g/mol. The van der Waals surface area contributed by atoms with Crippen LogP contribution in [0.25, 0.3) is 0 Å². The van der Waals surface area contributed by atoms with Gasteiger partial charge in [-0.1, -0.05) is 5.11 Å². The Morgan fingerprint density at radius 3 is 2.19 bits per heavy atom. The van der Waals surface area contributed by atoms with Crippen LogP contribution in [0.1, 0.15) is 0 Å². The molecular weight excluding hydrogens is 246 g/mol. The zero-order chi connectivity index (χ0) is 12.1. The van der Waals surface area contributed by atoms with Crippen LogP contribution >= 0.6 is 23.5 Å². The second-order valence-corrected chi connectivity index (χ2v) is 4.43.